The summed E-state index contributed by atoms with van der Waals surface area (Å²) in [5.74, 6) is -1.22. The van der Waals surface area contributed by atoms with Gasteiger partial charge in [0.15, 0.2) is 0 Å². The summed E-state index contributed by atoms with van der Waals surface area (Å²) in [6.45, 7) is 9.97. The van der Waals surface area contributed by atoms with Gasteiger partial charge in [0.05, 0.1) is 10.5 Å². The minimum absolute atomic E-state index is 0.0653. The van der Waals surface area contributed by atoms with Crippen LogP contribution in [0.3, 0.4) is 0 Å². The first kappa shape index (κ1) is 38.0. The number of likely N-dealkylation sites (N-methyl/N-ethyl adjacent to an activating group) is 1. The molecule has 4 amide bonds. The molecule has 3 rings (SSSR count). The zero-order valence-corrected chi connectivity index (χ0v) is 28.6. The van der Waals surface area contributed by atoms with E-state index < -0.39 is 58.3 Å². The van der Waals surface area contributed by atoms with E-state index in [9.17, 15) is 34.1 Å². The van der Waals surface area contributed by atoms with Crippen LogP contribution in [0, 0.1) is 16.0 Å². The minimum atomic E-state index is -1.01. The summed E-state index contributed by atoms with van der Waals surface area (Å²) in [6, 6.07) is 9.66. The maximum absolute atomic E-state index is 12.8. The molecular formula is C33H43N5O11. The van der Waals surface area contributed by atoms with Gasteiger partial charge in [-0.1, -0.05) is 26.0 Å². The van der Waals surface area contributed by atoms with Gasteiger partial charge in [-0.3, -0.25) is 19.7 Å². The molecule has 2 aromatic rings. The van der Waals surface area contributed by atoms with Gasteiger partial charge in [-0.05, 0) is 76.3 Å². The Morgan fingerprint density at radius 3 is 2.06 bits per heavy atom. The SMILES string of the molecule is CC(C)[C@H](NC(=O)OC(C)(C)C)C(=O)N[C@@H](C)C(=O)Nc1ccc(COC(=O)N(C)C2(COC(=O)Oc3ccc([N+](=O)[O-])cc3)CC2)cc1. The molecule has 0 saturated heterocycles. The molecule has 1 saturated carbocycles. The van der Waals surface area contributed by atoms with E-state index in [1.807, 2.05) is 0 Å². The van der Waals surface area contributed by atoms with E-state index in [0.29, 0.717) is 24.1 Å². The fraction of sp³-hybridized carbons (Fsp3) is 0.485. The summed E-state index contributed by atoms with van der Waals surface area (Å²) in [4.78, 5) is 74.3. The third kappa shape index (κ3) is 11.7. The van der Waals surface area contributed by atoms with Gasteiger partial charge in [0.1, 0.15) is 36.6 Å². The molecule has 2 atom stereocenters. The third-order valence-electron chi connectivity index (χ3n) is 7.48. The van der Waals surface area contributed by atoms with Crippen LogP contribution >= 0.6 is 0 Å². The molecule has 2 aromatic carbocycles. The van der Waals surface area contributed by atoms with Crippen molar-refractivity contribution in [3.8, 4) is 5.75 Å². The summed E-state index contributed by atoms with van der Waals surface area (Å²) in [5.41, 5.74) is -0.547. The highest BCUT2D eigenvalue weighted by atomic mass is 16.7. The quantitative estimate of drug-likeness (QED) is 0.0850. The number of nitrogens with zero attached hydrogens (tertiary/aromatic N) is 2. The second-order valence-corrected chi connectivity index (χ2v) is 13.0. The van der Waals surface area contributed by atoms with Gasteiger partial charge in [-0.25, -0.2) is 14.4 Å². The lowest BCUT2D eigenvalue weighted by Crippen LogP contribution is -2.54. The van der Waals surface area contributed by atoms with E-state index in [0.717, 1.165) is 0 Å². The van der Waals surface area contributed by atoms with E-state index in [1.165, 1.54) is 43.1 Å². The van der Waals surface area contributed by atoms with Gasteiger partial charge < -0.3 is 39.8 Å². The maximum atomic E-state index is 12.8. The van der Waals surface area contributed by atoms with Gasteiger partial charge in [-0.2, -0.15) is 0 Å². The predicted octanol–water partition coefficient (Wildman–Crippen LogP) is 4.90. The average Bonchev–Trinajstić information content (AvgIpc) is 3.82. The number of rotatable bonds is 13. The Hall–Kier alpha value is -5.41. The van der Waals surface area contributed by atoms with Gasteiger partial charge >= 0.3 is 18.3 Å². The number of hydrogen-bond acceptors (Lipinski definition) is 11. The molecule has 49 heavy (non-hydrogen) atoms. The fourth-order valence-corrected chi connectivity index (χ4v) is 4.38. The van der Waals surface area contributed by atoms with Crippen molar-refractivity contribution in [2.24, 2.45) is 5.92 Å². The van der Waals surface area contributed by atoms with Crippen LogP contribution in [-0.2, 0) is 30.4 Å². The number of nitrogens with one attached hydrogen (secondary N) is 3. The Balaban J connectivity index is 1.43. The molecule has 16 nitrogen and oxygen atoms in total. The van der Waals surface area contributed by atoms with E-state index in [4.69, 9.17) is 18.9 Å². The van der Waals surface area contributed by atoms with Crippen molar-refractivity contribution in [3.05, 3.63) is 64.2 Å². The van der Waals surface area contributed by atoms with Crippen molar-refractivity contribution in [3.63, 3.8) is 0 Å². The van der Waals surface area contributed by atoms with E-state index in [1.54, 1.807) is 58.9 Å². The highest BCUT2D eigenvalue weighted by Crippen LogP contribution is 2.41. The molecule has 0 heterocycles. The third-order valence-corrected chi connectivity index (χ3v) is 7.48. The van der Waals surface area contributed by atoms with Crippen LogP contribution in [-0.4, -0.2) is 76.9 Å². The van der Waals surface area contributed by atoms with Crippen molar-refractivity contribution in [2.45, 2.75) is 84.2 Å². The number of benzene rings is 2. The second-order valence-electron chi connectivity index (χ2n) is 13.0. The second kappa shape index (κ2) is 16.1. The monoisotopic (exact) mass is 685 g/mol. The largest absolute Gasteiger partial charge is 0.513 e. The highest BCUT2D eigenvalue weighted by Gasteiger charge is 2.50. The van der Waals surface area contributed by atoms with Crippen LogP contribution in [0.25, 0.3) is 0 Å². The topological polar surface area (TPSA) is 205 Å². The van der Waals surface area contributed by atoms with Crippen LogP contribution in [0.4, 0.5) is 25.8 Å². The maximum Gasteiger partial charge on any atom is 0.513 e. The lowest BCUT2D eigenvalue weighted by Gasteiger charge is -2.26. The van der Waals surface area contributed by atoms with Crippen molar-refractivity contribution in [1.29, 1.82) is 0 Å². The zero-order valence-electron chi connectivity index (χ0n) is 28.6. The molecule has 0 radical (unpaired) electrons. The highest BCUT2D eigenvalue weighted by molar-refractivity contribution is 5.98. The zero-order chi connectivity index (χ0) is 36.5. The number of anilines is 1. The Kier molecular flexibility index (Phi) is 12.5. The van der Waals surface area contributed by atoms with Crippen molar-refractivity contribution < 1.29 is 47.8 Å². The van der Waals surface area contributed by atoms with Crippen molar-refractivity contribution in [1.82, 2.24) is 15.5 Å². The van der Waals surface area contributed by atoms with E-state index in [2.05, 4.69) is 16.0 Å². The number of carbonyl (C=O) groups excluding carboxylic acids is 5. The molecule has 1 aliphatic rings. The lowest BCUT2D eigenvalue weighted by atomic mass is 10.0. The number of non-ortho nitro benzene ring substituents is 1. The normalized spacial score (nSPS) is 14.4. The van der Waals surface area contributed by atoms with Crippen LogP contribution in [0.2, 0.25) is 0 Å². The Labute approximate surface area is 283 Å². The standard InChI is InChI=1S/C33H43N5O11/c1-20(2)26(36-29(41)49-32(4,5)6)28(40)34-21(3)27(39)35-23-10-8-22(9-11-23)18-46-30(42)37(7)33(16-17-33)19-47-31(43)48-25-14-12-24(13-15-25)38(44)45/h8-15,20-21,26H,16-19H2,1-7H3,(H,34,40)(H,35,39)(H,36,41)/t21-,26-/m0/s1. The average molecular weight is 686 g/mol. The predicted molar refractivity (Wildman–Crippen MR) is 176 cm³/mol. The fourth-order valence-electron chi connectivity index (χ4n) is 4.38. The van der Waals surface area contributed by atoms with Crippen LogP contribution < -0.4 is 20.7 Å². The van der Waals surface area contributed by atoms with Gasteiger partial charge in [0, 0.05) is 24.9 Å². The first-order valence-corrected chi connectivity index (χ1v) is 15.6. The molecule has 16 heteroatoms. The number of nitro benzene ring substituents is 1. The minimum Gasteiger partial charge on any atom is -0.445 e. The van der Waals surface area contributed by atoms with E-state index >= 15 is 0 Å². The number of alkyl carbamates (subject to hydrolysis) is 1. The molecule has 0 bridgehead atoms. The van der Waals surface area contributed by atoms with E-state index in [-0.39, 0.29) is 30.6 Å². The van der Waals surface area contributed by atoms with Crippen LogP contribution in [0.5, 0.6) is 5.75 Å². The summed E-state index contributed by atoms with van der Waals surface area (Å²) in [6.07, 6.45) is -1.23. The number of nitro groups is 1. The number of amides is 4. The summed E-state index contributed by atoms with van der Waals surface area (Å²) in [7, 11) is 1.54. The number of ether oxygens (including phenoxy) is 4. The molecule has 1 fully saturated rings. The number of hydrogen-bond donors (Lipinski definition) is 3. The van der Waals surface area contributed by atoms with Crippen LogP contribution in [0.15, 0.2) is 48.5 Å². The molecule has 0 aromatic heterocycles. The molecule has 1 aliphatic carbocycles. The Morgan fingerprint density at radius 1 is 0.918 bits per heavy atom. The van der Waals surface area contributed by atoms with Crippen molar-refractivity contribution in [2.75, 3.05) is 19.0 Å². The molecule has 266 valence electrons. The smallest absolute Gasteiger partial charge is 0.445 e. The van der Waals surface area contributed by atoms with Gasteiger partial charge in [-0.15, -0.1) is 0 Å². The Morgan fingerprint density at radius 2 is 1.53 bits per heavy atom. The number of carbonyl (C=O) groups is 5. The molecule has 0 aliphatic heterocycles. The first-order valence-electron chi connectivity index (χ1n) is 15.6. The lowest BCUT2D eigenvalue weighted by molar-refractivity contribution is -0.384. The molecule has 0 spiro atoms. The van der Waals surface area contributed by atoms with Crippen LogP contribution in [0.1, 0.15) is 59.9 Å². The Bertz CT molecular complexity index is 1520. The first-order chi connectivity index (χ1) is 22.9. The summed E-state index contributed by atoms with van der Waals surface area (Å²) >= 11 is 0. The summed E-state index contributed by atoms with van der Waals surface area (Å²) < 4.78 is 20.9. The molecule has 0 unspecified atom stereocenters. The summed E-state index contributed by atoms with van der Waals surface area (Å²) in [5, 5.41) is 18.6. The molecule has 3 N–H and O–H groups in total. The molecular weight excluding hydrogens is 642 g/mol. The van der Waals surface area contributed by atoms with Crippen molar-refractivity contribution >= 4 is 41.5 Å². The van der Waals surface area contributed by atoms with Gasteiger partial charge in [0.25, 0.3) is 5.69 Å². The van der Waals surface area contributed by atoms with Gasteiger partial charge in [0.2, 0.25) is 11.8 Å².